The first-order chi connectivity index (χ1) is 6.27. The van der Waals surface area contributed by atoms with Crippen LogP contribution in [-0.4, -0.2) is 20.2 Å². The van der Waals surface area contributed by atoms with Gasteiger partial charge in [-0.1, -0.05) is 0 Å². The number of hydrogen-bond donors (Lipinski definition) is 1. The van der Waals surface area contributed by atoms with Gasteiger partial charge in [0, 0.05) is 10.7 Å². The van der Waals surface area contributed by atoms with E-state index >= 15 is 0 Å². The van der Waals surface area contributed by atoms with Crippen molar-refractivity contribution >= 4 is 27.5 Å². The Labute approximate surface area is 87.5 Å². The molecule has 0 spiro atoms. The second kappa shape index (κ2) is 3.43. The summed E-state index contributed by atoms with van der Waals surface area (Å²) in [5.74, 6) is 0.484. The van der Waals surface area contributed by atoms with E-state index in [4.69, 9.17) is 11.6 Å². The van der Waals surface area contributed by atoms with E-state index in [9.17, 15) is 0 Å². The minimum Gasteiger partial charge on any atom is -0.252 e. The first-order valence-corrected chi connectivity index (χ1v) is 4.63. The molecule has 0 aliphatic heterocycles. The monoisotopic (exact) mass is 258 g/mol. The normalized spacial score (nSPS) is 10.3. The molecule has 0 aliphatic carbocycles. The maximum atomic E-state index is 5.59. The molecular formula is C7H4BrClN4. The summed E-state index contributed by atoms with van der Waals surface area (Å²) in [6.07, 6.45) is 1.67. The Bertz CT molecular complexity index is 428. The average Bonchev–Trinajstić information content (AvgIpc) is 2.53. The van der Waals surface area contributed by atoms with E-state index in [1.165, 1.54) is 0 Å². The molecule has 2 rings (SSSR count). The number of H-pyrrole nitrogens is 1. The topological polar surface area (TPSA) is 54.5 Å². The number of nitrogens with one attached hydrogen (secondary N) is 1. The van der Waals surface area contributed by atoms with E-state index in [1.54, 1.807) is 6.20 Å². The molecule has 6 heteroatoms. The first kappa shape index (κ1) is 8.65. The molecule has 0 aromatic carbocycles. The zero-order valence-electron chi connectivity index (χ0n) is 6.33. The quantitative estimate of drug-likeness (QED) is 0.855. The number of aromatic amines is 1. The highest BCUT2D eigenvalue weighted by molar-refractivity contribution is 9.10. The van der Waals surface area contributed by atoms with Gasteiger partial charge in [0.1, 0.15) is 5.69 Å². The van der Waals surface area contributed by atoms with Crippen molar-refractivity contribution in [2.45, 2.75) is 0 Å². The molecule has 2 heterocycles. The molecule has 0 aliphatic rings. The van der Waals surface area contributed by atoms with E-state index in [0.717, 1.165) is 4.47 Å². The number of aromatic nitrogens is 4. The fourth-order valence-corrected chi connectivity index (χ4v) is 1.45. The third-order valence-corrected chi connectivity index (χ3v) is 2.24. The summed E-state index contributed by atoms with van der Waals surface area (Å²) in [6, 6.07) is 3.69. The third kappa shape index (κ3) is 1.71. The van der Waals surface area contributed by atoms with Crippen LogP contribution in [0.5, 0.6) is 0 Å². The van der Waals surface area contributed by atoms with Gasteiger partial charge in [0.05, 0.1) is 0 Å². The standard InChI is InChI=1S/C7H4BrClN4/c8-4-2-1-3-10-5(4)6-11-7(9)13-12-6/h1-3H,(H,11,12,13). The first-order valence-electron chi connectivity index (χ1n) is 3.46. The maximum Gasteiger partial charge on any atom is 0.218 e. The lowest BCUT2D eigenvalue weighted by Crippen LogP contribution is -1.86. The SMILES string of the molecule is Clc1nc(-c2ncccc2Br)n[nH]1. The summed E-state index contributed by atoms with van der Waals surface area (Å²) in [6.45, 7) is 0. The summed E-state index contributed by atoms with van der Waals surface area (Å²) in [5.41, 5.74) is 0.672. The summed E-state index contributed by atoms with van der Waals surface area (Å²) in [5, 5.41) is 6.68. The van der Waals surface area contributed by atoms with Gasteiger partial charge in [-0.05, 0) is 39.7 Å². The zero-order chi connectivity index (χ0) is 9.26. The van der Waals surface area contributed by atoms with Crippen LogP contribution in [0.3, 0.4) is 0 Å². The smallest absolute Gasteiger partial charge is 0.218 e. The van der Waals surface area contributed by atoms with Crippen LogP contribution in [0.25, 0.3) is 11.5 Å². The minimum atomic E-state index is 0.257. The fourth-order valence-electron chi connectivity index (χ4n) is 0.898. The van der Waals surface area contributed by atoms with Crippen molar-refractivity contribution in [3.05, 3.63) is 28.1 Å². The maximum absolute atomic E-state index is 5.59. The van der Waals surface area contributed by atoms with Crippen molar-refractivity contribution in [3.63, 3.8) is 0 Å². The number of nitrogens with zero attached hydrogens (tertiary/aromatic N) is 3. The molecule has 2 aromatic rings. The molecular weight excluding hydrogens is 255 g/mol. The largest absolute Gasteiger partial charge is 0.252 e. The summed E-state index contributed by atoms with van der Waals surface area (Å²) < 4.78 is 0.839. The van der Waals surface area contributed by atoms with E-state index in [1.807, 2.05) is 12.1 Å². The Hall–Kier alpha value is -0.940. The summed E-state index contributed by atoms with van der Waals surface area (Å²) in [4.78, 5) is 8.06. The average molecular weight is 259 g/mol. The van der Waals surface area contributed by atoms with Gasteiger partial charge in [0.25, 0.3) is 0 Å². The summed E-state index contributed by atoms with van der Waals surface area (Å²) >= 11 is 8.93. The van der Waals surface area contributed by atoms with Gasteiger partial charge in [-0.2, -0.15) is 10.1 Å². The van der Waals surface area contributed by atoms with Crippen molar-refractivity contribution in [3.8, 4) is 11.5 Å². The van der Waals surface area contributed by atoms with Gasteiger partial charge in [-0.25, -0.2) is 5.10 Å². The van der Waals surface area contributed by atoms with Crippen molar-refractivity contribution in [2.75, 3.05) is 0 Å². The molecule has 4 nitrogen and oxygen atoms in total. The van der Waals surface area contributed by atoms with Gasteiger partial charge in [0.15, 0.2) is 0 Å². The predicted octanol–water partition coefficient (Wildman–Crippen LogP) is 2.28. The lowest BCUT2D eigenvalue weighted by atomic mass is 10.3. The van der Waals surface area contributed by atoms with E-state index < -0.39 is 0 Å². The predicted molar refractivity (Wildman–Crippen MR) is 52.3 cm³/mol. The van der Waals surface area contributed by atoms with Crippen LogP contribution in [0.4, 0.5) is 0 Å². The van der Waals surface area contributed by atoms with Gasteiger partial charge in [-0.3, -0.25) is 4.98 Å². The van der Waals surface area contributed by atoms with Crippen molar-refractivity contribution < 1.29 is 0 Å². The van der Waals surface area contributed by atoms with Crippen LogP contribution in [0, 0.1) is 0 Å². The van der Waals surface area contributed by atoms with E-state index in [2.05, 4.69) is 36.1 Å². The molecule has 0 unspecified atom stereocenters. The Kier molecular flexibility index (Phi) is 2.28. The fraction of sp³-hybridized carbons (Fsp3) is 0. The highest BCUT2D eigenvalue weighted by atomic mass is 79.9. The molecule has 13 heavy (non-hydrogen) atoms. The molecule has 0 saturated carbocycles. The van der Waals surface area contributed by atoms with Gasteiger partial charge >= 0.3 is 0 Å². The highest BCUT2D eigenvalue weighted by Gasteiger charge is 2.08. The Morgan fingerprint density at radius 2 is 2.31 bits per heavy atom. The van der Waals surface area contributed by atoms with Gasteiger partial charge < -0.3 is 0 Å². The molecule has 0 saturated heterocycles. The number of hydrogen-bond acceptors (Lipinski definition) is 3. The van der Waals surface area contributed by atoms with Gasteiger partial charge in [-0.15, -0.1) is 0 Å². The van der Waals surface area contributed by atoms with Crippen molar-refractivity contribution in [1.82, 2.24) is 20.2 Å². The zero-order valence-corrected chi connectivity index (χ0v) is 8.67. The van der Waals surface area contributed by atoms with Gasteiger partial charge in [0.2, 0.25) is 11.1 Å². The van der Waals surface area contributed by atoms with E-state index in [0.29, 0.717) is 11.5 Å². The number of pyridine rings is 1. The van der Waals surface area contributed by atoms with Crippen molar-refractivity contribution in [1.29, 1.82) is 0 Å². The van der Waals surface area contributed by atoms with Crippen LogP contribution in [0.2, 0.25) is 5.28 Å². The van der Waals surface area contributed by atoms with Crippen LogP contribution in [0.15, 0.2) is 22.8 Å². The molecule has 0 bridgehead atoms. The molecule has 66 valence electrons. The minimum absolute atomic E-state index is 0.257. The molecule has 0 atom stereocenters. The van der Waals surface area contributed by atoms with Crippen LogP contribution >= 0.6 is 27.5 Å². The Morgan fingerprint density at radius 1 is 1.46 bits per heavy atom. The second-order valence-electron chi connectivity index (χ2n) is 2.28. The molecule has 0 amide bonds. The highest BCUT2D eigenvalue weighted by Crippen LogP contribution is 2.22. The lowest BCUT2D eigenvalue weighted by molar-refractivity contribution is 1.08. The second-order valence-corrected chi connectivity index (χ2v) is 3.50. The molecule has 0 fully saturated rings. The number of rotatable bonds is 1. The van der Waals surface area contributed by atoms with Crippen molar-refractivity contribution in [2.24, 2.45) is 0 Å². The lowest BCUT2D eigenvalue weighted by Gasteiger charge is -1.95. The van der Waals surface area contributed by atoms with Crippen LogP contribution in [0.1, 0.15) is 0 Å². The Balaban J connectivity index is 2.52. The number of halogens is 2. The van der Waals surface area contributed by atoms with Crippen LogP contribution < -0.4 is 0 Å². The van der Waals surface area contributed by atoms with E-state index in [-0.39, 0.29) is 5.28 Å². The Morgan fingerprint density at radius 3 is 2.92 bits per heavy atom. The van der Waals surface area contributed by atoms with Crippen LogP contribution in [-0.2, 0) is 0 Å². The molecule has 0 radical (unpaired) electrons. The third-order valence-electron chi connectivity index (χ3n) is 1.43. The molecule has 1 N–H and O–H groups in total. The summed E-state index contributed by atoms with van der Waals surface area (Å²) in [7, 11) is 0. The molecule has 2 aromatic heterocycles.